The van der Waals surface area contributed by atoms with Crippen LogP contribution in [0.2, 0.25) is 0 Å². The lowest BCUT2D eigenvalue weighted by Crippen LogP contribution is -2.55. The van der Waals surface area contributed by atoms with Crippen LogP contribution >= 0.6 is 0 Å². The van der Waals surface area contributed by atoms with Crippen LogP contribution in [0, 0.1) is 11.8 Å². The lowest BCUT2D eigenvalue weighted by molar-refractivity contribution is -0.159. The fourth-order valence-corrected chi connectivity index (χ4v) is 13.6. The van der Waals surface area contributed by atoms with Gasteiger partial charge in [-0.25, -0.2) is 24.4 Å². The van der Waals surface area contributed by atoms with E-state index in [0.717, 1.165) is 59.9 Å². The molecule has 14 N–H and O–H groups in total. The highest BCUT2D eigenvalue weighted by Gasteiger charge is 2.48. The quantitative estimate of drug-likeness (QED) is 0.0296. The Morgan fingerprint density at radius 2 is 0.972 bits per heavy atom. The van der Waals surface area contributed by atoms with Crippen molar-refractivity contribution in [2.45, 2.75) is 158 Å². The molecule has 0 radical (unpaired) electrons. The predicted molar refractivity (Wildman–Crippen MR) is 392 cm³/mol. The van der Waals surface area contributed by atoms with Crippen molar-refractivity contribution in [3.63, 3.8) is 0 Å². The number of carbonyl (C=O) groups is 9. The maximum absolute atomic E-state index is 12.7. The second kappa shape index (κ2) is 40.9. The maximum Gasteiger partial charge on any atom is 0.353 e. The van der Waals surface area contributed by atoms with Gasteiger partial charge in [0.15, 0.2) is 0 Å². The Morgan fingerprint density at radius 3 is 1.46 bits per heavy atom. The molecule has 0 spiro atoms. The van der Waals surface area contributed by atoms with Gasteiger partial charge in [0.2, 0.25) is 29.5 Å². The van der Waals surface area contributed by atoms with E-state index in [1.54, 1.807) is 23.5 Å². The van der Waals surface area contributed by atoms with Crippen LogP contribution in [-0.2, 0) is 81.2 Å². The lowest BCUT2D eigenvalue weighted by atomic mass is 9.76. The third-order valence-electron chi connectivity index (χ3n) is 19.5. The number of nitrogens with one attached hydrogen (secondary N) is 6. The number of nitrogens with two attached hydrogens (primary N) is 4. The number of imide groups is 1. The van der Waals surface area contributed by atoms with Crippen molar-refractivity contribution in [2.24, 2.45) is 34.8 Å². The number of fused-ring (bicyclic) bond motifs is 3. The minimum absolute atomic E-state index is 0.00298. The van der Waals surface area contributed by atoms with Crippen molar-refractivity contribution in [3.8, 4) is 0 Å². The van der Waals surface area contributed by atoms with Gasteiger partial charge in [0.25, 0.3) is 5.91 Å². The zero-order chi connectivity index (χ0) is 76.2. The van der Waals surface area contributed by atoms with Crippen LogP contribution in [0.5, 0.6) is 0 Å². The summed E-state index contributed by atoms with van der Waals surface area (Å²) in [5.41, 5.74) is 35.7. The number of hydrogen-bond acceptors (Lipinski definition) is 21. The van der Waals surface area contributed by atoms with Gasteiger partial charge in [-0.1, -0.05) is 152 Å². The van der Waals surface area contributed by atoms with E-state index in [1.807, 2.05) is 152 Å². The van der Waals surface area contributed by atoms with Gasteiger partial charge in [0, 0.05) is 75.0 Å². The van der Waals surface area contributed by atoms with Gasteiger partial charge in [-0.3, -0.25) is 67.4 Å². The first-order chi connectivity index (χ1) is 52.5. The molecule has 1 saturated carbocycles. The molecule has 6 saturated heterocycles. The molecule has 8 heterocycles. The predicted octanol–water partition coefficient (Wildman–Crippen LogP) is 4.38. The van der Waals surface area contributed by atoms with E-state index < -0.39 is 29.7 Å². The molecule has 5 aromatic carbocycles. The van der Waals surface area contributed by atoms with E-state index in [1.165, 1.54) is 43.0 Å². The molecule has 2 aromatic heterocycles. The number of benzene rings is 5. The summed E-state index contributed by atoms with van der Waals surface area (Å²) >= 11 is 0. The minimum atomic E-state index is -0.496. The Hall–Kier alpha value is -10.7. The van der Waals surface area contributed by atoms with Gasteiger partial charge < -0.3 is 43.4 Å². The van der Waals surface area contributed by atoms with Gasteiger partial charge in [-0.05, 0) is 98.4 Å². The number of carbonyl (C=O) groups excluding carboxylic acids is 9. The first-order valence-corrected chi connectivity index (χ1v) is 36.2. The highest BCUT2D eigenvalue weighted by Crippen LogP contribution is 2.33. The Kier molecular flexibility index (Phi) is 30.3. The molecule has 574 valence electrons. The summed E-state index contributed by atoms with van der Waals surface area (Å²) < 4.78 is 2.78. The summed E-state index contributed by atoms with van der Waals surface area (Å²) in [4.78, 5) is 145. The summed E-state index contributed by atoms with van der Waals surface area (Å²) in [6.07, 6.45) is 16.6. The Balaban J connectivity index is 0.000000145. The fraction of sp³-hybridized carbons (Fsp3) is 0.408. The molecular formula is C76H96N18O14. The van der Waals surface area contributed by atoms with Crippen LogP contribution in [0.3, 0.4) is 0 Å². The number of imidazole rings is 2. The summed E-state index contributed by atoms with van der Waals surface area (Å²) in [6, 6.07) is 46.8. The molecule has 1 aliphatic carbocycles. The zero-order valence-electron chi connectivity index (χ0n) is 60.0. The molecule has 11 atom stereocenters. The molecule has 10 amide bonds. The van der Waals surface area contributed by atoms with Crippen molar-refractivity contribution in [2.75, 3.05) is 26.2 Å². The van der Waals surface area contributed by atoms with E-state index in [-0.39, 0.29) is 96.7 Å². The monoisotopic (exact) mass is 1480 g/mol. The van der Waals surface area contributed by atoms with Crippen molar-refractivity contribution >= 4 is 53.5 Å². The molecule has 32 nitrogen and oxygen atoms in total. The van der Waals surface area contributed by atoms with Gasteiger partial charge >= 0.3 is 18.1 Å². The molecule has 108 heavy (non-hydrogen) atoms. The zero-order valence-corrected chi connectivity index (χ0v) is 60.0. The van der Waals surface area contributed by atoms with E-state index in [2.05, 4.69) is 42.4 Å². The number of primary amides is 4. The van der Waals surface area contributed by atoms with Crippen LogP contribution < -0.4 is 55.3 Å². The molecule has 7 aromatic rings. The van der Waals surface area contributed by atoms with Gasteiger partial charge in [0.1, 0.15) is 38.0 Å². The van der Waals surface area contributed by atoms with Crippen LogP contribution in [0.15, 0.2) is 189 Å². The number of urea groups is 2. The molecule has 7 aliphatic rings. The second-order valence-electron chi connectivity index (χ2n) is 27.1. The first-order valence-electron chi connectivity index (χ1n) is 36.2. The molecule has 1 unspecified atom stereocenters. The third-order valence-corrected chi connectivity index (χ3v) is 19.5. The Morgan fingerprint density at radius 1 is 0.481 bits per heavy atom. The normalized spacial score (nSPS) is 23.4. The molecule has 2 bridgehead atoms. The van der Waals surface area contributed by atoms with Crippen molar-refractivity contribution < 1.29 is 67.3 Å². The third kappa shape index (κ3) is 23.4. The average Bonchev–Trinajstić information content (AvgIpc) is 1.62. The summed E-state index contributed by atoms with van der Waals surface area (Å²) in [5.74, 6) is -2.80. The molecule has 6 aliphatic heterocycles. The van der Waals surface area contributed by atoms with Crippen molar-refractivity contribution in [1.29, 1.82) is 0 Å². The van der Waals surface area contributed by atoms with E-state index in [0.29, 0.717) is 91.1 Å². The van der Waals surface area contributed by atoms with Crippen LogP contribution in [0.25, 0.3) is 0 Å². The SMILES string of the molecule is NC(=O)[C@@H]1CC[C@@H](N(OCc2ccccc2)C(=O)n2ccnc2)CN1.NC(=O)[C@@H]1CC[C@@H](NOCc2ccccc2)CC1C(=O)n1ccnc1.NC(=O)[C@@H]1CC[C@@H](NOCc2ccccc2)CN1.NC(=O)[C@@H]1CC[C@@H]2CN1C(=O)N2OCc1ccccc1.O=C1NC(=O)N2C[C@H](NOCc3ccccc3)CC[C@@H]12. The number of hydrogen-bond donors (Lipinski definition) is 10. The summed E-state index contributed by atoms with van der Waals surface area (Å²) in [7, 11) is 0. The Bertz CT molecular complexity index is 3980. The van der Waals surface area contributed by atoms with Crippen molar-refractivity contribution in [1.82, 2.24) is 71.4 Å². The van der Waals surface area contributed by atoms with Gasteiger partial charge in [-0.2, -0.15) is 26.6 Å². The largest absolute Gasteiger partial charge is 0.369 e. The van der Waals surface area contributed by atoms with Crippen LogP contribution in [0.1, 0.15) is 103 Å². The van der Waals surface area contributed by atoms with Gasteiger partial charge in [-0.15, -0.1) is 0 Å². The number of hydroxylamine groups is 7. The highest BCUT2D eigenvalue weighted by atomic mass is 16.7. The van der Waals surface area contributed by atoms with E-state index >= 15 is 0 Å². The van der Waals surface area contributed by atoms with Crippen LogP contribution in [0.4, 0.5) is 14.4 Å². The van der Waals surface area contributed by atoms with E-state index in [4.69, 9.17) is 47.1 Å². The maximum atomic E-state index is 12.7. The topological polar surface area (TPSA) is 425 Å². The number of rotatable bonds is 24. The second-order valence-corrected chi connectivity index (χ2v) is 27.1. The molecule has 7 fully saturated rings. The van der Waals surface area contributed by atoms with E-state index in [9.17, 15) is 43.2 Å². The molecular weight excluding hydrogens is 1390 g/mol. The van der Waals surface area contributed by atoms with Crippen molar-refractivity contribution in [3.05, 3.63) is 217 Å². The lowest BCUT2D eigenvalue weighted by Gasteiger charge is -2.35. The fourth-order valence-electron chi connectivity index (χ4n) is 13.6. The smallest absolute Gasteiger partial charge is 0.353 e. The summed E-state index contributed by atoms with van der Waals surface area (Å²) in [5, 5.41) is 11.3. The number of nitrogens with zero attached hydrogens (tertiary/aromatic N) is 8. The number of amides is 10. The summed E-state index contributed by atoms with van der Waals surface area (Å²) in [6.45, 7) is 4.22. The highest BCUT2D eigenvalue weighted by molar-refractivity contribution is 6.04. The molecule has 32 heteroatoms. The first kappa shape index (κ1) is 79.9. The Labute approximate surface area is 625 Å². The van der Waals surface area contributed by atoms with Crippen LogP contribution in [-0.4, -0.2) is 173 Å². The average molecular weight is 1490 g/mol. The number of aromatic nitrogens is 4. The van der Waals surface area contributed by atoms with Gasteiger partial charge in [0.05, 0.1) is 49.9 Å². The molecule has 14 rings (SSSR count). The minimum Gasteiger partial charge on any atom is -0.369 e. The number of piperidine rings is 4. The standard InChI is InChI=1S/C18H22N4O3.C17H21N5O3.2C14H17N3O3.C13H19N3O2/c19-17(23)15-7-6-14(21-25-11-13-4-2-1-3-5-13)10-16(15)18(24)22-9-8-20-12-22;18-16(23)15-7-6-14(10-20-15)22(17(24)21-9-8-19-12-21)25-11-13-4-2-1-3-5-13;15-13(18)12-7-6-11-8-16(12)14(19)17(11)20-9-10-4-2-1-3-5-10;18-13-12-7-6-11(8-17(12)14(19)15-13)16-20-9-10-4-2-1-3-5-10;14-13(17)12-7-6-11(8-15-12)16-18-9-10-4-2-1-3-5-10/h1-5,8-9,12,14-16,21H,6-7,10-11H2,(H2,19,23);1-5,8-9,12,14-15,20H,6-7,10-11H2,(H2,18,23);1-5,11-12H,6-9H2,(H2,15,18);1-5,11-12,16H,6-9H2,(H,15,18,19);1-5,11-12,15-16H,6-9H2,(H2,14,17)/t14-,15-,16?;14-,15+;3*11-,12+/m11111/s1.